The van der Waals surface area contributed by atoms with Crippen molar-refractivity contribution in [2.75, 3.05) is 31.1 Å². The van der Waals surface area contributed by atoms with Crippen LogP contribution in [0.1, 0.15) is 18.4 Å². The van der Waals surface area contributed by atoms with Gasteiger partial charge in [0.2, 0.25) is 0 Å². The van der Waals surface area contributed by atoms with Crippen LogP contribution in [-0.4, -0.2) is 54.5 Å². The molecule has 4 heterocycles. The molecule has 0 N–H and O–H groups in total. The first kappa shape index (κ1) is 18.2. The Hall–Kier alpha value is -2.89. The summed E-state index contributed by atoms with van der Waals surface area (Å²) in [6, 6.07) is 12.2. The maximum atomic E-state index is 13.4. The first-order valence-electron chi connectivity index (χ1n) is 9.79. The van der Waals surface area contributed by atoms with E-state index in [4.69, 9.17) is 5.26 Å². The van der Waals surface area contributed by atoms with Crippen molar-refractivity contribution in [1.29, 1.82) is 5.26 Å². The van der Waals surface area contributed by atoms with Gasteiger partial charge in [0.05, 0.1) is 27.7 Å². The van der Waals surface area contributed by atoms with Gasteiger partial charge in [-0.1, -0.05) is 6.07 Å². The summed E-state index contributed by atoms with van der Waals surface area (Å²) in [4.78, 5) is 9.40. The second-order valence-electron chi connectivity index (χ2n) is 7.60. The van der Waals surface area contributed by atoms with E-state index >= 15 is 0 Å². The Morgan fingerprint density at radius 1 is 1.14 bits per heavy atom. The highest BCUT2D eigenvalue weighted by atomic mass is 32.2. The van der Waals surface area contributed by atoms with Crippen LogP contribution in [0.4, 0.5) is 5.69 Å². The Labute approximate surface area is 169 Å². The lowest BCUT2D eigenvalue weighted by atomic mass is 10.1. The molecular weight excluding hydrogens is 386 g/mol. The first-order chi connectivity index (χ1) is 14.1. The predicted octanol–water partition coefficient (Wildman–Crippen LogP) is 2.43. The fourth-order valence-corrected chi connectivity index (χ4v) is 5.89. The van der Waals surface area contributed by atoms with Crippen molar-refractivity contribution in [2.24, 2.45) is 0 Å². The summed E-state index contributed by atoms with van der Waals surface area (Å²) < 4.78 is 28.1. The standard InChI is InChI=1S/C21H21N5O2S/c22-13-16-4-1-6-18(12-16)29(27,28)26-15-20(21-19(26)7-2-8-23-21)25-11-10-24-9-3-5-17(24)14-25/h1-2,4,6-8,12,15,17H,3,5,9-11,14H2. The molecule has 0 aliphatic carbocycles. The van der Waals surface area contributed by atoms with Crippen molar-refractivity contribution in [3.05, 3.63) is 54.4 Å². The molecule has 3 aromatic rings. The Balaban J connectivity index is 1.61. The normalized spacial score (nSPS) is 20.0. The molecule has 0 radical (unpaired) electrons. The van der Waals surface area contributed by atoms with Crippen molar-refractivity contribution >= 4 is 26.7 Å². The van der Waals surface area contributed by atoms with Crippen LogP contribution in [0.3, 0.4) is 0 Å². The molecule has 1 atom stereocenters. The summed E-state index contributed by atoms with van der Waals surface area (Å²) in [5.41, 5.74) is 2.42. The summed E-state index contributed by atoms with van der Waals surface area (Å²) in [6.07, 6.45) is 5.80. The maximum Gasteiger partial charge on any atom is 0.268 e. The summed E-state index contributed by atoms with van der Waals surface area (Å²) in [5.74, 6) is 0. The van der Waals surface area contributed by atoms with Crippen molar-refractivity contribution in [1.82, 2.24) is 13.9 Å². The zero-order chi connectivity index (χ0) is 20.0. The predicted molar refractivity (Wildman–Crippen MR) is 110 cm³/mol. The van der Waals surface area contributed by atoms with Gasteiger partial charge in [-0.2, -0.15) is 5.26 Å². The number of fused-ring (bicyclic) bond motifs is 2. The van der Waals surface area contributed by atoms with Crippen molar-refractivity contribution < 1.29 is 8.42 Å². The van der Waals surface area contributed by atoms with Gasteiger partial charge in [0, 0.05) is 38.1 Å². The highest BCUT2D eigenvalue weighted by Crippen LogP contribution is 2.33. The van der Waals surface area contributed by atoms with Gasteiger partial charge in [0.1, 0.15) is 5.52 Å². The number of aromatic nitrogens is 2. The monoisotopic (exact) mass is 407 g/mol. The SMILES string of the molecule is N#Cc1cccc(S(=O)(=O)n2cc(N3CCN4CCCC4C3)c3ncccc32)c1. The highest BCUT2D eigenvalue weighted by molar-refractivity contribution is 7.90. The Morgan fingerprint density at radius 2 is 2.03 bits per heavy atom. The highest BCUT2D eigenvalue weighted by Gasteiger charge is 2.33. The molecule has 2 aliphatic heterocycles. The average Bonchev–Trinajstić information content (AvgIpc) is 3.38. The minimum absolute atomic E-state index is 0.101. The third-order valence-corrected chi connectivity index (χ3v) is 7.62. The van der Waals surface area contributed by atoms with E-state index in [1.54, 1.807) is 36.7 Å². The zero-order valence-corrected chi connectivity index (χ0v) is 16.7. The number of pyridine rings is 1. The van der Waals surface area contributed by atoms with Crippen LogP contribution in [0.2, 0.25) is 0 Å². The Morgan fingerprint density at radius 3 is 2.90 bits per heavy atom. The molecule has 2 saturated heterocycles. The van der Waals surface area contributed by atoms with Crippen LogP contribution in [0.5, 0.6) is 0 Å². The summed E-state index contributed by atoms with van der Waals surface area (Å²) >= 11 is 0. The molecule has 0 bridgehead atoms. The Bertz CT molecular complexity index is 1230. The van der Waals surface area contributed by atoms with Crippen molar-refractivity contribution in [3.63, 3.8) is 0 Å². The molecule has 2 aromatic heterocycles. The molecule has 0 amide bonds. The third-order valence-electron chi connectivity index (χ3n) is 5.95. The van der Waals surface area contributed by atoms with E-state index in [9.17, 15) is 8.42 Å². The molecule has 148 valence electrons. The van der Waals surface area contributed by atoms with E-state index in [0.717, 1.165) is 31.9 Å². The number of piperazine rings is 1. The average molecular weight is 407 g/mol. The van der Waals surface area contributed by atoms with Gasteiger partial charge in [-0.25, -0.2) is 12.4 Å². The van der Waals surface area contributed by atoms with Crippen molar-refractivity contribution in [3.8, 4) is 6.07 Å². The van der Waals surface area contributed by atoms with Crippen LogP contribution in [-0.2, 0) is 10.0 Å². The van der Waals surface area contributed by atoms with E-state index in [1.807, 2.05) is 6.07 Å². The lowest BCUT2D eigenvalue weighted by Gasteiger charge is -2.38. The second-order valence-corrected chi connectivity index (χ2v) is 9.42. The van der Waals surface area contributed by atoms with E-state index in [1.165, 1.54) is 28.9 Å². The number of anilines is 1. The molecule has 5 rings (SSSR count). The number of nitrogens with zero attached hydrogens (tertiary/aromatic N) is 5. The van der Waals surface area contributed by atoms with Crippen molar-refractivity contribution in [2.45, 2.75) is 23.8 Å². The summed E-state index contributed by atoms with van der Waals surface area (Å²) in [6.45, 7) is 3.89. The van der Waals surface area contributed by atoms with E-state index < -0.39 is 10.0 Å². The van der Waals surface area contributed by atoms with Gasteiger partial charge in [0.15, 0.2) is 0 Å². The number of nitriles is 1. The van der Waals surface area contributed by atoms with Crippen LogP contribution >= 0.6 is 0 Å². The summed E-state index contributed by atoms with van der Waals surface area (Å²) in [5, 5.41) is 9.15. The number of rotatable bonds is 3. The lowest BCUT2D eigenvalue weighted by molar-refractivity contribution is 0.231. The number of hydrogen-bond donors (Lipinski definition) is 0. The van der Waals surface area contributed by atoms with Gasteiger partial charge in [-0.05, 0) is 49.7 Å². The fourth-order valence-electron chi connectivity index (χ4n) is 4.49. The molecule has 1 aromatic carbocycles. The molecule has 7 nitrogen and oxygen atoms in total. The molecule has 0 spiro atoms. The van der Waals surface area contributed by atoms with Gasteiger partial charge in [-0.3, -0.25) is 9.88 Å². The van der Waals surface area contributed by atoms with Gasteiger partial charge in [0.25, 0.3) is 10.0 Å². The largest absolute Gasteiger partial charge is 0.366 e. The molecular formula is C21H21N5O2S. The summed E-state index contributed by atoms with van der Waals surface area (Å²) in [7, 11) is -3.85. The zero-order valence-electron chi connectivity index (χ0n) is 15.9. The van der Waals surface area contributed by atoms with Crippen LogP contribution in [0.15, 0.2) is 53.7 Å². The van der Waals surface area contributed by atoms with Gasteiger partial charge >= 0.3 is 0 Å². The smallest absolute Gasteiger partial charge is 0.268 e. The minimum atomic E-state index is -3.85. The van der Waals surface area contributed by atoms with E-state index in [2.05, 4.69) is 14.8 Å². The number of benzene rings is 1. The molecule has 1 unspecified atom stereocenters. The fraction of sp³-hybridized carbons (Fsp3) is 0.333. The van der Waals surface area contributed by atoms with Crippen LogP contribution < -0.4 is 4.90 Å². The topological polar surface area (TPSA) is 82.2 Å². The minimum Gasteiger partial charge on any atom is -0.366 e. The van der Waals surface area contributed by atoms with Gasteiger partial charge < -0.3 is 4.90 Å². The molecule has 8 heteroatoms. The Kier molecular flexibility index (Phi) is 4.30. The molecule has 0 saturated carbocycles. The molecule has 29 heavy (non-hydrogen) atoms. The number of hydrogen-bond acceptors (Lipinski definition) is 6. The van der Waals surface area contributed by atoms with E-state index in [-0.39, 0.29) is 4.90 Å². The second kappa shape index (κ2) is 6.87. The van der Waals surface area contributed by atoms with E-state index in [0.29, 0.717) is 22.6 Å². The van der Waals surface area contributed by atoms with Crippen LogP contribution in [0.25, 0.3) is 11.0 Å². The first-order valence-corrected chi connectivity index (χ1v) is 11.2. The molecule has 2 aliphatic rings. The lowest BCUT2D eigenvalue weighted by Crippen LogP contribution is -2.50. The third kappa shape index (κ3) is 2.98. The molecule has 2 fully saturated rings. The van der Waals surface area contributed by atoms with Crippen LogP contribution in [0, 0.1) is 11.3 Å². The van der Waals surface area contributed by atoms with Gasteiger partial charge in [-0.15, -0.1) is 0 Å². The quantitative estimate of drug-likeness (QED) is 0.663. The maximum absolute atomic E-state index is 13.4.